The second kappa shape index (κ2) is 17.5. The van der Waals surface area contributed by atoms with E-state index in [1.807, 2.05) is 41.5 Å². The molecule has 0 saturated heterocycles. The zero-order chi connectivity index (χ0) is 21.1. The van der Waals surface area contributed by atoms with Crippen molar-refractivity contribution in [3.63, 3.8) is 0 Å². The van der Waals surface area contributed by atoms with Crippen LogP contribution in [0.2, 0.25) is 12.1 Å². The highest BCUT2D eigenvalue weighted by Crippen LogP contribution is 2.19. The zero-order valence-corrected chi connectivity index (χ0v) is 20.8. The van der Waals surface area contributed by atoms with Gasteiger partial charge in [0.1, 0.15) is 0 Å². The summed E-state index contributed by atoms with van der Waals surface area (Å²) in [5.41, 5.74) is 0. The standard InChI is InChI=1S/C20H42O6Si2/c1-7-21-27(22-8-2,23-9-3)19-17-15-13-14-16-18-20-28(24-10-4,25-11-5)26-12-6/h13-16H,7-12,17-20H2,1-6H3. The summed E-state index contributed by atoms with van der Waals surface area (Å²) >= 11 is 0. The van der Waals surface area contributed by atoms with E-state index in [9.17, 15) is 0 Å². The van der Waals surface area contributed by atoms with Gasteiger partial charge in [0.05, 0.1) is 0 Å². The van der Waals surface area contributed by atoms with E-state index in [1.54, 1.807) is 0 Å². The Morgan fingerprint density at radius 2 is 0.714 bits per heavy atom. The van der Waals surface area contributed by atoms with E-state index in [0.29, 0.717) is 39.6 Å². The highest BCUT2D eigenvalue weighted by Gasteiger charge is 2.40. The van der Waals surface area contributed by atoms with Crippen LogP contribution in [0.3, 0.4) is 0 Å². The first-order valence-corrected chi connectivity index (χ1v) is 14.6. The lowest BCUT2D eigenvalue weighted by Crippen LogP contribution is -2.45. The molecular formula is C20H42O6Si2. The Kier molecular flexibility index (Phi) is 17.3. The Bertz CT molecular complexity index is 345. The molecule has 0 saturated carbocycles. The molecule has 0 aliphatic heterocycles. The summed E-state index contributed by atoms with van der Waals surface area (Å²) in [6.45, 7) is 15.6. The third kappa shape index (κ3) is 11.6. The number of allylic oxidation sites excluding steroid dienone is 4. The van der Waals surface area contributed by atoms with Gasteiger partial charge in [0.15, 0.2) is 0 Å². The average Bonchev–Trinajstić information content (AvgIpc) is 2.65. The van der Waals surface area contributed by atoms with Crippen molar-refractivity contribution in [2.75, 3.05) is 39.6 Å². The minimum atomic E-state index is -2.54. The lowest BCUT2D eigenvalue weighted by molar-refractivity contribution is 0.0707. The van der Waals surface area contributed by atoms with E-state index < -0.39 is 17.6 Å². The third-order valence-corrected chi connectivity index (χ3v) is 9.98. The quantitative estimate of drug-likeness (QED) is 0.211. The van der Waals surface area contributed by atoms with Crippen molar-refractivity contribution in [2.24, 2.45) is 0 Å². The molecule has 166 valence electrons. The van der Waals surface area contributed by atoms with E-state index in [1.165, 1.54) is 0 Å². The van der Waals surface area contributed by atoms with Gasteiger partial charge in [-0.1, -0.05) is 24.3 Å². The first-order valence-electron chi connectivity index (χ1n) is 10.7. The molecule has 0 aliphatic carbocycles. The Morgan fingerprint density at radius 3 is 0.929 bits per heavy atom. The van der Waals surface area contributed by atoms with Crippen molar-refractivity contribution in [2.45, 2.75) is 66.5 Å². The van der Waals surface area contributed by atoms with Gasteiger partial charge in [-0.05, 0) is 54.4 Å². The molecule has 0 aromatic heterocycles. The van der Waals surface area contributed by atoms with Crippen LogP contribution in [0.5, 0.6) is 0 Å². The Balaban J connectivity index is 4.50. The maximum atomic E-state index is 5.87. The molecule has 0 amide bonds. The molecule has 0 N–H and O–H groups in total. The van der Waals surface area contributed by atoms with Crippen molar-refractivity contribution in [1.82, 2.24) is 0 Å². The number of hydrogen-bond acceptors (Lipinski definition) is 6. The van der Waals surface area contributed by atoms with Crippen molar-refractivity contribution in [1.29, 1.82) is 0 Å². The van der Waals surface area contributed by atoms with Gasteiger partial charge in [-0.3, -0.25) is 0 Å². The smallest absolute Gasteiger partial charge is 0.374 e. The predicted molar refractivity (Wildman–Crippen MR) is 118 cm³/mol. The van der Waals surface area contributed by atoms with Gasteiger partial charge in [0, 0.05) is 51.7 Å². The van der Waals surface area contributed by atoms with Gasteiger partial charge >= 0.3 is 17.6 Å². The minimum Gasteiger partial charge on any atom is -0.374 e. The van der Waals surface area contributed by atoms with Gasteiger partial charge in [0.2, 0.25) is 0 Å². The minimum absolute atomic E-state index is 0.612. The summed E-state index contributed by atoms with van der Waals surface area (Å²) in [6.07, 6.45) is 10.1. The summed E-state index contributed by atoms with van der Waals surface area (Å²) < 4.78 is 35.2. The van der Waals surface area contributed by atoms with Crippen LogP contribution in [0.1, 0.15) is 54.4 Å². The molecule has 0 aliphatic rings. The molecule has 6 nitrogen and oxygen atoms in total. The van der Waals surface area contributed by atoms with Gasteiger partial charge in [-0.25, -0.2) is 0 Å². The molecule has 0 atom stereocenters. The molecule has 0 heterocycles. The molecule has 0 unspecified atom stereocenters. The van der Waals surface area contributed by atoms with Crippen LogP contribution in [0.15, 0.2) is 24.3 Å². The van der Waals surface area contributed by atoms with Crippen LogP contribution >= 0.6 is 0 Å². The second-order valence-electron chi connectivity index (χ2n) is 5.90. The fourth-order valence-electron chi connectivity index (χ4n) is 2.87. The molecule has 0 bridgehead atoms. The molecule has 0 spiro atoms. The van der Waals surface area contributed by atoms with Gasteiger partial charge in [-0.2, -0.15) is 0 Å². The van der Waals surface area contributed by atoms with Gasteiger partial charge in [0.25, 0.3) is 0 Å². The summed E-state index contributed by atoms with van der Waals surface area (Å²) in [6, 6.07) is 1.59. The van der Waals surface area contributed by atoms with E-state index in [2.05, 4.69) is 24.3 Å². The Labute approximate surface area is 174 Å². The van der Waals surface area contributed by atoms with Crippen LogP contribution in [-0.4, -0.2) is 57.3 Å². The molecule has 8 heteroatoms. The van der Waals surface area contributed by atoms with Crippen LogP contribution < -0.4 is 0 Å². The largest absolute Gasteiger partial charge is 0.501 e. The Hall–Kier alpha value is -0.326. The van der Waals surface area contributed by atoms with Gasteiger partial charge in [-0.15, -0.1) is 0 Å². The summed E-state index contributed by atoms with van der Waals surface area (Å²) in [7, 11) is -5.09. The first-order chi connectivity index (χ1) is 13.6. The van der Waals surface area contributed by atoms with Crippen LogP contribution in [0.25, 0.3) is 0 Å². The van der Waals surface area contributed by atoms with E-state index in [-0.39, 0.29) is 0 Å². The molecule has 0 fully saturated rings. The number of hydrogen-bond donors (Lipinski definition) is 0. The highest BCUT2D eigenvalue weighted by atomic mass is 28.4. The fourth-order valence-corrected chi connectivity index (χ4v) is 7.92. The van der Waals surface area contributed by atoms with Crippen molar-refractivity contribution >= 4 is 17.6 Å². The molecule has 28 heavy (non-hydrogen) atoms. The summed E-state index contributed by atoms with van der Waals surface area (Å²) in [5.74, 6) is 0. The normalized spacial score (nSPS) is 13.2. The average molecular weight is 435 g/mol. The topological polar surface area (TPSA) is 55.4 Å². The zero-order valence-electron chi connectivity index (χ0n) is 18.8. The predicted octanol–water partition coefficient (Wildman–Crippen LogP) is 4.98. The molecule has 0 rings (SSSR count). The van der Waals surface area contributed by atoms with Gasteiger partial charge < -0.3 is 26.6 Å². The van der Waals surface area contributed by atoms with Crippen molar-refractivity contribution in [3.8, 4) is 0 Å². The van der Waals surface area contributed by atoms with Crippen molar-refractivity contribution in [3.05, 3.63) is 24.3 Å². The Morgan fingerprint density at radius 1 is 0.464 bits per heavy atom. The first kappa shape index (κ1) is 27.7. The molecule has 0 radical (unpaired) electrons. The van der Waals surface area contributed by atoms with Crippen LogP contribution in [0.4, 0.5) is 0 Å². The summed E-state index contributed by atoms with van der Waals surface area (Å²) in [4.78, 5) is 0. The van der Waals surface area contributed by atoms with E-state index in [4.69, 9.17) is 26.6 Å². The second-order valence-corrected chi connectivity index (χ2v) is 11.4. The fraction of sp³-hybridized carbons (Fsp3) is 0.800. The maximum Gasteiger partial charge on any atom is 0.501 e. The SMILES string of the molecule is CCO[Si](CCC=CC=CCC[Si](OCC)(OCC)OCC)(OCC)OCC. The summed E-state index contributed by atoms with van der Waals surface area (Å²) in [5, 5.41) is 0. The number of rotatable bonds is 19. The monoisotopic (exact) mass is 434 g/mol. The third-order valence-electron chi connectivity index (χ3n) is 3.80. The molecule has 0 aromatic rings. The lowest BCUT2D eigenvalue weighted by Gasteiger charge is -2.28. The molecular weight excluding hydrogens is 392 g/mol. The highest BCUT2D eigenvalue weighted by molar-refractivity contribution is 6.61. The van der Waals surface area contributed by atoms with Crippen LogP contribution in [-0.2, 0) is 26.6 Å². The van der Waals surface area contributed by atoms with E-state index in [0.717, 1.165) is 24.9 Å². The van der Waals surface area contributed by atoms with Crippen LogP contribution in [0, 0.1) is 0 Å². The lowest BCUT2D eigenvalue weighted by atomic mass is 10.3. The maximum absolute atomic E-state index is 5.87. The molecule has 0 aromatic carbocycles. The van der Waals surface area contributed by atoms with Crippen molar-refractivity contribution < 1.29 is 26.6 Å². The van der Waals surface area contributed by atoms with E-state index >= 15 is 0 Å².